The van der Waals surface area contributed by atoms with Crippen LogP contribution in [0.1, 0.15) is 23.2 Å². The van der Waals surface area contributed by atoms with E-state index in [1.54, 1.807) is 12.1 Å². The van der Waals surface area contributed by atoms with E-state index < -0.39 is 24.0 Å². The van der Waals surface area contributed by atoms with Gasteiger partial charge in [0, 0.05) is 13.5 Å². The van der Waals surface area contributed by atoms with Gasteiger partial charge < -0.3 is 31.7 Å². The largest absolute Gasteiger partial charge is 0.507 e. The second-order valence-electron chi connectivity index (χ2n) is 4.44. The number of carbonyl (C=O) groups is 3. The van der Waals surface area contributed by atoms with E-state index >= 15 is 0 Å². The molecule has 0 aliphatic rings. The molecule has 24 heavy (non-hydrogen) atoms. The summed E-state index contributed by atoms with van der Waals surface area (Å²) in [5, 5.41) is 30.5. The molecule has 0 aliphatic heterocycles. The van der Waals surface area contributed by atoms with Crippen LogP contribution in [0.4, 0.5) is 4.79 Å². The summed E-state index contributed by atoms with van der Waals surface area (Å²) in [5.41, 5.74) is 5.15. The number of hydrogen-bond donors (Lipinski definition) is 6. The first-order valence-corrected chi connectivity index (χ1v) is 7.10. The van der Waals surface area contributed by atoms with Gasteiger partial charge in [-0.1, -0.05) is 24.4 Å². The van der Waals surface area contributed by atoms with Crippen LogP contribution in [0.3, 0.4) is 0 Å². The van der Waals surface area contributed by atoms with Crippen LogP contribution >= 0.6 is 12.2 Å². The quantitative estimate of drug-likeness (QED) is 0.402. The van der Waals surface area contributed by atoms with Crippen molar-refractivity contribution in [2.75, 3.05) is 7.05 Å². The highest BCUT2D eigenvalue weighted by Gasteiger charge is 2.18. The Morgan fingerprint density at radius 3 is 2.21 bits per heavy atom. The van der Waals surface area contributed by atoms with Crippen molar-refractivity contribution in [3.63, 3.8) is 0 Å². The second-order valence-corrected chi connectivity index (χ2v) is 4.97. The van der Waals surface area contributed by atoms with Gasteiger partial charge in [-0.2, -0.15) is 0 Å². The molecular weight excluding hydrogens is 338 g/mol. The molecule has 7 N–H and O–H groups in total. The number of nitrogens with one attached hydrogen (secondary N) is 2. The van der Waals surface area contributed by atoms with Crippen LogP contribution in [-0.2, 0) is 4.79 Å². The van der Waals surface area contributed by atoms with E-state index in [0.29, 0.717) is 0 Å². The number of urea groups is 1. The minimum atomic E-state index is -1.11. The first-order chi connectivity index (χ1) is 11.2. The molecule has 0 aliphatic carbocycles. The van der Waals surface area contributed by atoms with Crippen LogP contribution in [0.25, 0.3) is 0 Å². The Hall–Kier alpha value is -2.88. The summed E-state index contributed by atoms with van der Waals surface area (Å²) in [6.45, 7) is 0. The van der Waals surface area contributed by atoms with Crippen LogP contribution in [0.2, 0.25) is 0 Å². The molecule has 132 valence electrons. The topological polar surface area (TPSA) is 162 Å². The Morgan fingerprint density at radius 2 is 1.83 bits per heavy atom. The standard InChI is InChI=1S/C7H13N3O3S.C7H6O3/c1-9-7(13)10-4(6(11)12)2-3-5(8)14;8-6-4-2-1-3-5(6)7(9)10/h4H,2-3H2,1H3,(H2,8,14)(H,11,12)(H2,9,10,13);1-4,8H,(H,9,10). The summed E-state index contributed by atoms with van der Waals surface area (Å²) in [7, 11) is 1.40. The molecule has 0 heterocycles. The molecule has 0 saturated carbocycles. The summed E-state index contributed by atoms with van der Waals surface area (Å²) in [6.07, 6.45) is 0.481. The highest BCUT2D eigenvalue weighted by Crippen LogP contribution is 2.14. The number of phenols is 1. The van der Waals surface area contributed by atoms with E-state index in [0.717, 1.165) is 0 Å². The van der Waals surface area contributed by atoms with Gasteiger partial charge in [-0.25, -0.2) is 14.4 Å². The van der Waals surface area contributed by atoms with Crippen molar-refractivity contribution >= 4 is 35.2 Å². The third-order valence-corrected chi connectivity index (χ3v) is 2.85. The van der Waals surface area contributed by atoms with E-state index in [1.165, 1.54) is 19.2 Å². The first-order valence-electron chi connectivity index (χ1n) is 6.69. The Kier molecular flexibility index (Phi) is 9.49. The Morgan fingerprint density at radius 1 is 1.25 bits per heavy atom. The molecule has 0 saturated heterocycles. The Balaban J connectivity index is 0.000000463. The van der Waals surface area contributed by atoms with E-state index in [1.807, 2.05) is 0 Å². The number of nitrogens with two attached hydrogens (primary N) is 1. The van der Waals surface area contributed by atoms with Crippen LogP contribution in [0.15, 0.2) is 24.3 Å². The van der Waals surface area contributed by atoms with Crippen molar-refractivity contribution in [3.8, 4) is 5.75 Å². The summed E-state index contributed by atoms with van der Waals surface area (Å²) in [5.74, 6) is -2.42. The van der Waals surface area contributed by atoms with Crippen LogP contribution in [-0.4, -0.2) is 51.4 Å². The number of aromatic hydroxyl groups is 1. The number of aliphatic carboxylic acids is 1. The van der Waals surface area contributed by atoms with Gasteiger partial charge in [0.25, 0.3) is 0 Å². The zero-order chi connectivity index (χ0) is 18.7. The SMILES string of the molecule is CNC(=O)NC(CCC(N)=S)C(=O)O.O=C(O)c1ccccc1O. The molecule has 9 nitrogen and oxygen atoms in total. The Labute approximate surface area is 143 Å². The van der Waals surface area contributed by atoms with Gasteiger partial charge in [0.1, 0.15) is 17.4 Å². The maximum Gasteiger partial charge on any atom is 0.339 e. The normalized spacial score (nSPS) is 10.5. The number of para-hydroxylation sites is 1. The number of benzene rings is 1. The summed E-state index contributed by atoms with van der Waals surface area (Å²) < 4.78 is 0. The zero-order valence-corrected chi connectivity index (χ0v) is 13.7. The van der Waals surface area contributed by atoms with E-state index in [2.05, 4.69) is 22.9 Å². The van der Waals surface area contributed by atoms with Crippen molar-refractivity contribution in [3.05, 3.63) is 29.8 Å². The molecular formula is C14H19N3O6S. The summed E-state index contributed by atoms with van der Waals surface area (Å²) in [6, 6.07) is 4.31. The van der Waals surface area contributed by atoms with Gasteiger partial charge in [0.05, 0.1) is 4.99 Å². The summed E-state index contributed by atoms with van der Waals surface area (Å²) >= 11 is 4.60. The number of carboxylic acid groups (broad SMARTS) is 2. The molecule has 0 fully saturated rings. The van der Waals surface area contributed by atoms with Gasteiger partial charge in [-0.05, 0) is 18.6 Å². The van der Waals surface area contributed by atoms with Crippen molar-refractivity contribution in [1.82, 2.24) is 10.6 Å². The van der Waals surface area contributed by atoms with Crippen molar-refractivity contribution < 1.29 is 29.7 Å². The van der Waals surface area contributed by atoms with E-state index in [9.17, 15) is 14.4 Å². The van der Waals surface area contributed by atoms with Gasteiger partial charge in [-0.3, -0.25) is 0 Å². The lowest BCUT2D eigenvalue weighted by molar-refractivity contribution is -0.139. The molecule has 1 aromatic rings. The fourth-order valence-corrected chi connectivity index (χ4v) is 1.55. The first kappa shape index (κ1) is 21.1. The molecule has 0 aromatic heterocycles. The maximum atomic E-state index is 10.8. The fraction of sp³-hybridized carbons (Fsp3) is 0.286. The lowest BCUT2D eigenvalue weighted by Gasteiger charge is -2.13. The Bertz CT molecular complexity index is 608. The molecule has 1 aromatic carbocycles. The fourth-order valence-electron chi connectivity index (χ4n) is 1.43. The number of rotatable bonds is 6. The van der Waals surface area contributed by atoms with E-state index in [4.69, 9.17) is 21.1 Å². The number of hydrogen-bond acceptors (Lipinski definition) is 5. The minimum absolute atomic E-state index is 0.0671. The molecule has 1 atom stereocenters. The van der Waals surface area contributed by atoms with Gasteiger partial charge in [0.2, 0.25) is 0 Å². The smallest absolute Gasteiger partial charge is 0.339 e. The monoisotopic (exact) mass is 357 g/mol. The lowest BCUT2D eigenvalue weighted by atomic mass is 10.1. The third-order valence-electron chi connectivity index (χ3n) is 2.64. The highest BCUT2D eigenvalue weighted by molar-refractivity contribution is 7.80. The zero-order valence-electron chi connectivity index (χ0n) is 12.9. The lowest BCUT2D eigenvalue weighted by Crippen LogP contribution is -2.45. The molecule has 1 rings (SSSR count). The van der Waals surface area contributed by atoms with Crippen molar-refractivity contribution in [2.45, 2.75) is 18.9 Å². The van der Waals surface area contributed by atoms with Gasteiger partial charge in [-0.15, -0.1) is 0 Å². The van der Waals surface area contributed by atoms with Crippen molar-refractivity contribution in [1.29, 1.82) is 0 Å². The average molecular weight is 357 g/mol. The average Bonchev–Trinajstić information content (AvgIpc) is 2.51. The number of amides is 2. The van der Waals surface area contributed by atoms with Crippen LogP contribution in [0, 0.1) is 0 Å². The molecule has 10 heteroatoms. The molecule has 0 radical (unpaired) electrons. The molecule has 2 amide bonds. The predicted octanol–water partition coefficient (Wildman–Crippen LogP) is 0.525. The maximum absolute atomic E-state index is 10.8. The van der Waals surface area contributed by atoms with E-state index in [-0.39, 0.29) is 29.1 Å². The number of carbonyl (C=O) groups excluding carboxylic acids is 1. The van der Waals surface area contributed by atoms with Crippen molar-refractivity contribution in [2.24, 2.45) is 5.73 Å². The second kappa shape index (κ2) is 10.8. The highest BCUT2D eigenvalue weighted by atomic mass is 32.1. The number of thiocarbonyl (C=S) groups is 1. The van der Waals surface area contributed by atoms with Crippen LogP contribution < -0.4 is 16.4 Å². The molecule has 0 spiro atoms. The molecule has 1 unspecified atom stereocenters. The minimum Gasteiger partial charge on any atom is -0.507 e. The predicted molar refractivity (Wildman–Crippen MR) is 90.1 cm³/mol. The van der Waals surface area contributed by atoms with Gasteiger partial charge >= 0.3 is 18.0 Å². The number of aromatic carboxylic acids is 1. The molecule has 0 bridgehead atoms. The number of carboxylic acids is 2. The van der Waals surface area contributed by atoms with Gasteiger partial charge in [0.15, 0.2) is 0 Å². The third kappa shape index (κ3) is 8.54. The summed E-state index contributed by atoms with van der Waals surface area (Å²) in [4.78, 5) is 32.0. The van der Waals surface area contributed by atoms with Crippen LogP contribution in [0.5, 0.6) is 5.75 Å².